The fourth-order valence-electron chi connectivity index (χ4n) is 2.86. The van der Waals surface area contributed by atoms with Crippen molar-refractivity contribution in [1.82, 2.24) is 10.2 Å². The predicted octanol–water partition coefficient (Wildman–Crippen LogP) is 5.52. The average Bonchev–Trinajstić information content (AvgIpc) is 2.73. The standard InChI is InChI=1S/C22H20F3N3O2S/c1-13-4-5-14(2)16(10-13)17-7-9-21(28-27-17)31-12-20(29)26-18-11-15(22(23,24)25)6-8-19(18)30-3/h4-11H,12H2,1-3H3,(H,26,29). The molecule has 0 unspecified atom stereocenters. The fourth-order valence-corrected chi connectivity index (χ4v) is 3.47. The van der Waals surface area contributed by atoms with Gasteiger partial charge in [0.15, 0.2) is 0 Å². The zero-order valence-electron chi connectivity index (χ0n) is 17.1. The molecule has 0 bridgehead atoms. The third-order valence-electron chi connectivity index (χ3n) is 4.46. The highest BCUT2D eigenvalue weighted by molar-refractivity contribution is 7.99. The van der Waals surface area contributed by atoms with E-state index in [1.807, 2.05) is 38.1 Å². The minimum Gasteiger partial charge on any atom is -0.495 e. The second-order valence-corrected chi connectivity index (χ2v) is 7.82. The largest absolute Gasteiger partial charge is 0.495 e. The molecule has 0 radical (unpaired) electrons. The maximum absolute atomic E-state index is 12.9. The van der Waals surface area contributed by atoms with Crippen LogP contribution in [-0.4, -0.2) is 29.0 Å². The molecule has 31 heavy (non-hydrogen) atoms. The summed E-state index contributed by atoms with van der Waals surface area (Å²) >= 11 is 1.13. The molecule has 1 N–H and O–H groups in total. The van der Waals surface area contributed by atoms with E-state index in [-0.39, 0.29) is 17.2 Å². The van der Waals surface area contributed by atoms with Gasteiger partial charge in [-0.15, -0.1) is 10.2 Å². The number of carbonyl (C=O) groups excluding carboxylic acids is 1. The van der Waals surface area contributed by atoms with E-state index in [0.717, 1.165) is 46.3 Å². The molecule has 5 nitrogen and oxygen atoms in total. The van der Waals surface area contributed by atoms with Gasteiger partial charge in [0.25, 0.3) is 0 Å². The number of anilines is 1. The molecule has 1 aromatic heterocycles. The number of nitrogens with zero attached hydrogens (tertiary/aromatic N) is 2. The number of hydrogen-bond acceptors (Lipinski definition) is 5. The Morgan fingerprint density at radius 1 is 1.06 bits per heavy atom. The summed E-state index contributed by atoms with van der Waals surface area (Å²) in [7, 11) is 1.32. The van der Waals surface area contributed by atoms with Crippen LogP contribution >= 0.6 is 11.8 Å². The van der Waals surface area contributed by atoms with Crippen LogP contribution in [-0.2, 0) is 11.0 Å². The van der Waals surface area contributed by atoms with E-state index in [1.165, 1.54) is 13.2 Å². The van der Waals surface area contributed by atoms with Crippen LogP contribution in [0.25, 0.3) is 11.3 Å². The van der Waals surface area contributed by atoms with Crippen molar-refractivity contribution in [2.45, 2.75) is 25.0 Å². The molecule has 3 aromatic rings. The number of alkyl halides is 3. The summed E-state index contributed by atoms with van der Waals surface area (Å²) in [6.07, 6.45) is -4.52. The Labute approximate surface area is 182 Å². The molecule has 2 aromatic carbocycles. The highest BCUT2D eigenvalue weighted by Gasteiger charge is 2.31. The van der Waals surface area contributed by atoms with Crippen LogP contribution in [0.4, 0.5) is 18.9 Å². The number of aromatic nitrogens is 2. The molecular weight excluding hydrogens is 427 g/mol. The number of methoxy groups -OCH3 is 1. The third kappa shape index (κ3) is 5.75. The first-order valence-electron chi connectivity index (χ1n) is 9.26. The molecule has 0 saturated heterocycles. The molecule has 0 saturated carbocycles. The average molecular weight is 447 g/mol. The quantitative estimate of drug-likeness (QED) is 0.504. The van der Waals surface area contributed by atoms with Gasteiger partial charge in [-0.1, -0.05) is 29.5 Å². The maximum Gasteiger partial charge on any atom is 0.416 e. The number of halogens is 3. The first-order valence-corrected chi connectivity index (χ1v) is 10.2. The summed E-state index contributed by atoms with van der Waals surface area (Å²) in [6.45, 7) is 3.99. The summed E-state index contributed by atoms with van der Waals surface area (Å²) in [6, 6.07) is 12.6. The zero-order valence-corrected chi connectivity index (χ0v) is 17.9. The zero-order chi connectivity index (χ0) is 22.6. The van der Waals surface area contributed by atoms with E-state index in [2.05, 4.69) is 15.5 Å². The lowest BCUT2D eigenvalue weighted by molar-refractivity contribution is -0.137. The molecule has 0 atom stereocenters. The number of nitrogens with one attached hydrogen (secondary N) is 1. The van der Waals surface area contributed by atoms with Gasteiger partial charge in [-0.25, -0.2) is 0 Å². The van der Waals surface area contributed by atoms with Crippen molar-refractivity contribution in [2.24, 2.45) is 0 Å². The molecule has 1 amide bonds. The van der Waals surface area contributed by atoms with E-state index in [0.29, 0.717) is 5.03 Å². The molecule has 3 rings (SSSR count). The topological polar surface area (TPSA) is 64.1 Å². The predicted molar refractivity (Wildman–Crippen MR) is 114 cm³/mol. The highest BCUT2D eigenvalue weighted by Crippen LogP contribution is 2.35. The molecule has 0 aliphatic rings. The molecular formula is C22H20F3N3O2S. The van der Waals surface area contributed by atoms with Crippen molar-refractivity contribution in [3.8, 4) is 17.0 Å². The third-order valence-corrected chi connectivity index (χ3v) is 5.38. The second kappa shape index (κ2) is 9.38. The smallest absolute Gasteiger partial charge is 0.416 e. The Bertz CT molecular complexity index is 1090. The maximum atomic E-state index is 12.9. The minimum atomic E-state index is -4.52. The van der Waals surface area contributed by atoms with Gasteiger partial charge in [0.1, 0.15) is 10.8 Å². The molecule has 0 aliphatic carbocycles. The number of carbonyl (C=O) groups is 1. The van der Waals surface area contributed by atoms with Crippen LogP contribution in [0.15, 0.2) is 53.6 Å². The number of amides is 1. The number of rotatable bonds is 6. The SMILES string of the molecule is COc1ccc(C(F)(F)F)cc1NC(=O)CSc1ccc(-c2cc(C)ccc2C)nn1. The number of aryl methyl sites for hydroxylation is 2. The van der Waals surface area contributed by atoms with Crippen molar-refractivity contribution >= 4 is 23.4 Å². The van der Waals surface area contributed by atoms with Crippen molar-refractivity contribution in [3.63, 3.8) is 0 Å². The first-order chi connectivity index (χ1) is 14.7. The van der Waals surface area contributed by atoms with Gasteiger partial charge >= 0.3 is 6.18 Å². The molecule has 162 valence electrons. The van der Waals surface area contributed by atoms with Crippen LogP contribution in [0.1, 0.15) is 16.7 Å². The van der Waals surface area contributed by atoms with Crippen molar-refractivity contribution in [1.29, 1.82) is 0 Å². The number of benzene rings is 2. The Balaban J connectivity index is 1.66. The number of thioether (sulfide) groups is 1. The van der Waals surface area contributed by atoms with Gasteiger partial charge in [-0.05, 0) is 55.8 Å². The lowest BCUT2D eigenvalue weighted by Gasteiger charge is -2.13. The van der Waals surface area contributed by atoms with Crippen LogP contribution in [0.3, 0.4) is 0 Å². The summed E-state index contributed by atoms with van der Waals surface area (Å²) in [5.74, 6) is -0.385. The Morgan fingerprint density at radius 3 is 2.48 bits per heavy atom. The van der Waals surface area contributed by atoms with Crippen molar-refractivity contribution < 1.29 is 22.7 Å². The second-order valence-electron chi connectivity index (χ2n) is 6.82. The molecule has 0 fully saturated rings. The monoisotopic (exact) mass is 447 g/mol. The van der Waals surface area contributed by atoms with Gasteiger partial charge in [-0.3, -0.25) is 4.79 Å². The van der Waals surface area contributed by atoms with Gasteiger partial charge in [0, 0.05) is 5.56 Å². The Kier molecular flexibility index (Phi) is 6.84. The first kappa shape index (κ1) is 22.6. The van der Waals surface area contributed by atoms with Gasteiger partial charge in [0.05, 0.1) is 29.8 Å². The lowest BCUT2D eigenvalue weighted by atomic mass is 10.0. The van der Waals surface area contributed by atoms with Crippen molar-refractivity contribution in [3.05, 3.63) is 65.2 Å². The molecule has 0 spiro atoms. The number of ether oxygens (including phenoxy) is 1. The molecule has 9 heteroatoms. The van der Waals surface area contributed by atoms with E-state index in [1.54, 1.807) is 6.07 Å². The summed E-state index contributed by atoms with van der Waals surface area (Å²) in [4.78, 5) is 12.3. The molecule has 0 aliphatic heterocycles. The lowest BCUT2D eigenvalue weighted by Crippen LogP contribution is -2.16. The summed E-state index contributed by atoms with van der Waals surface area (Å²) in [5, 5.41) is 11.4. The Morgan fingerprint density at radius 2 is 1.84 bits per heavy atom. The van der Waals surface area contributed by atoms with E-state index in [4.69, 9.17) is 4.74 Å². The number of hydrogen-bond donors (Lipinski definition) is 1. The van der Waals surface area contributed by atoms with Crippen molar-refractivity contribution in [2.75, 3.05) is 18.2 Å². The highest BCUT2D eigenvalue weighted by atomic mass is 32.2. The van der Waals surface area contributed by atoms with E-state index < -0.39 is 17.6 Å². The van der Waals surface area contributed by atoms with Gasteiger partial charge in [-0.2, -0.15) is 13.2 Å². The molecule has 1 heterocycles. The summed E-state index contributed by atoms with van der Waals surface area (Å²) in [5.41, 5.74) is 2.99. The van der Waals surface area contributed by atoms with Gasteiger partial charge < -0.3 is 10.1 Å². The van der Waals surface area contributed by atoms with Crippen LogP contribution in [0, 0.1) is 13.8 Å². The van der Waals surface area contributed by atoms with E-state index in [9.17, 15) is 18.0 Å². The van der Waals surface area contributed by atoms with Gasteiger partial charge in [0.2, 0.25) is 5.91 Å². The Hall–Kier alpha value is -3.07. The van der Waals surface area contributed by atoms with Crippen LogP contribution < -0.4 is 10.1 Å². The van der Waals surface area contributed by atoms with E-state index >= 15 is 0 Å². The van der Waals surface area contributed by atoms with Crippen LogP contribution in [0.5, 0.6) is 5.75 Å². The normalized spacial score (nSPS) is 11.3. The minimum absolute atomic E-state index is 0.0423. The summed E-state index contributed by atoms with van der Waals surface area (Å²) < 4.78 is 43.9. The van der Waals surface area contributed by atoms with Crippen LogP contribution in [0.2, 0.25) is 0 Å². The fraction of sp³-hybridized carbons (Fsp3) is 0.227.